The Kier molecular flexibility index (Phi) is 8.75. The molecule has 0 saturated heterocycles. The van der Waals surface area contributed by atoms with Gasteiger partial charge in [-0.1, -0.05) is 65.7 Å². The van der Waals surface area contributed by atoms with Gasteiger partial charge < -0.3 is 10.1 Å². The van der Waals surface area contributed by atoms with E-state index in [2.05, 4.69) is 40.6 Å². The zero-order valence-electron chi connectivity index (χ0n) is 17.4. The van der Waals surface area contributed by atoms with Gasteiger partial charge in [-0.05, 0) is 41.5 Å². The van der Waals surface area contributed by atoms with Crippen molar-refractivity contribution in [3.63, 3.8) is 0 Å². The molecule has 1 unspecified atom stereocenters. The number of anilines is 1. The van der Waals surface area contributed by atoms with Gasteiger partial charge >= 0.3 is 0 Å². The molecule has 160 valence electrons. The molecule has 3 rings (SSSR count). The maximum atomic E-state index is 9.12. The van der Waals surface area contributed by atoms with Gasteiger partial charge in [-0.15, -0.1) is 0 Å². The lowest BCUT2D eigenvalue weighted by molar-refractivity contribution is 0.141. The van der Waals surface area contributed by atoms with Crippen LogP contribution in [0.4, 0.5) is 5.69 Å². The lowest BCUT2D eigenvalue weighted by Crippen LogP contribution is -2.34. The molecule has 0 heterocycles. The van der Waals surface area contributed by atoms with Crippen LogP contribution in [0.3, 0.4) is 0 Å². The van der Waals surface area contributed by atoms with E-state index in [9.17, 15) is 0 Å². The summed E-state index contributed by atoms with van der Waals surface area (Å²) in [5, 5.41) is 13.9. The zero-order chi connectivity index (χ0) is 22.1. The van der Waals surface area contributed by atoms with Gasteiger partial charge in [0.1, 0.15) is 0 Å². The van der Waals surface area contributed by atoms with E-state index < -0.39 is 0 Å². The van der Waals surface area contributed by atoms with Crippen LogP contribution >= 0.6 is 23.2 Å². The molecule has 0 saturated carbocycles. The quantitative estimate of drug-likeness (QED) is 0.398. The number of ether oxygens (including phenoxy) is 1. The molecule has 4 nitrogen and oxygen atoms in total. The molecule has 1 atom stereocenters. The molecule has 0 aliphatic heterocycles. The molecular weight excluding hydrogens is 429 g/mol. The van der Waals surface area contributed by atoms with Crippen molar-refractivity contribution in [1.29, 1.82) is 5.26 Å². The Morgan fingerprint density at radius 3 is 2.42 bits per heavy atom. The first kappa shape index (κ1) is 23.1. The molecule has 0 amide bonds. The summed E-state index contributed by atoms with van der Waals surface area (Å²) in [5.41, 5.74) is 3.65. The summed E-state index contributed by atoms with van der Waals surface area (Å²) in [6.45, 7) is 2.96. The third kappa shape index (κ3) is 6.99. The number of nitrogens with zero attached hydrogens (tertiary/aromatic N) is 2. The first-order chi connectivity index (χ1) is 15.1. The van der Waals surface area contributed by atoms with E-state index in [4.69, 9.17) is 33.2 Å². The van der Waals surface area contributed by atoms with Gasteiger partial charge in [0, 0.05) is 31.8 Å². The van der Waals surface area contributed by atoms with Crippen LogP contribution in [0.2, 0.25) is 10.0 Å². The summed E-state index contributed by atoms with van der Waals surface area (Å²) >= 11 is 12.6. The topological polar surface area (TPSA) is 48.3 Å². The minimum absolute atomic E-state index is 0.0386. The zero-order valence-corrected chi connectivity index (χ0v) is 18.9. The van der Waals surface area contributed by atoms with Crippen LogP contribution in [0, 0.1) is 11.3 Å². The summed E-state index contributed by atoms with van der Waals surface area (Å²) in [5.74, 6) is 0. The minimum atomic E-state index is -0.0386. The van der Waals surface area contributed by atoms with Crippen LogP contribution in [0.1, 0.15) is 22.7 Å². The predicted octanol–water partition coefficient (Wildman–Crippen LogP) is 6.17. The summed E-state index contributed by atoms with van der Waals surface area (Å²) in [6.07, 6.45) is 0. The van der Waals surface area contributed by atoms with E-state index in [0.717, 1.165) is 30.9 Å². The molecular formula is C25H25Cl2N3O. The molecule has 3 aromatic carbocycles. The van der Waals surface area contributed by atoms with Gasteiger partial charge in [0.2, 0.25) is 0 Å². The molecule has 3 aromatic rings. The second-order valence-corrected chi connectivity index (χ2v) is 8.11. The van der Waals surface area contributed by atoms with E-state index in [1.54, 1.807) is 19.2 Å². The Hall–Kier alpha value is -2.55. The highest BCUT2D eigenvalue weighted by molar-refractivity contribution is 6.33. The number of benzene rings is 3. The van der Waals surface area contributed by atoms with Crippen molar-refractivity contribution in [2.24, 2.45) is 0 Å². The molecule has 0 aliphatic carbocycles. The summed E-state index contributed by atoms with van der Waals surface area (Å²) in [4.78, 5) is 2.35. The molecule has 0 spiro atoms. The highest BCUT2D eigenvalue weighted by atomic mass is 35.5. The van der Waals surface area contributed by atoms with Gasteiger partial charge in [-0.2, -0.15) is 5.26 Å². The fourth-order valence-corrected chi connectivity index (χ4v) is 3.74. The lowest BCUT2D eigenvalue weighted by atomic mass is 10.0. The summed E-state index contributed by atoms with van der Waals surface area (Å²) in [6, 6.07) is 25.6. The second-order valence-electron chi connectivity index (χ2n) is 7.27. The number of hydrogen-bond acceptors (Lipinski definition) is 4. The van der Waals surface area contributed by atoms with E-state index >= 15 is 0 Å². The van der Waals surface area contributed by atoms with Crippen molar-refractivity contribution < 1.29 is 4.74 Å². The summed E-state index contributed by atoms with van der Waals surface area (Å²) < 4.78 is 5.34. The fraction of sp³-hybridized carbons (Fsp3) is 0.240. The number of nitrogens with one attached hydrogen (secondary N) is 1. The maximum absolute atomic E-state index is 9.12. The number of methoxy groups -OCH3 is 1. The third-order valence-corrected chi connectivity index (χ3v) is 5.57. The van der Waals surface area contributed by atoms with Crippen molar-refractivity contribution in [3.8, 4) is 6.07 Å². The first-order valence-electron chi connectivity index (χ1n) is 10.1. The second kappa shape index (κ2) is 11.7. The van der Waals surface area contributed by atoms with Crippen LogP contribution in [-0.4, -0.2) is 31.7 Å². The van der Waals surface area contributed by atoms with E-state index in [1.807, 2.05) is 36.4 Å². The number of halogens is 2. The van der Waals surface area contributed by atoms with Crippen molar-refractivity contribution in [2.75, 3.05) is 32.1 Å². The lowest BCUT2D eigenvalue weighted by Gasteiger charge is -2.29. The van der Waals surface area contributed by atoms with Crippen LogP contribution < -0.4 is 5.32 Å². The van der Waals surface area contributed by atoms with Crippen LogP contribution in [-0.2, 0) is 11.3 Å². The Bertz CT molecular complexity index is 1000. The normalized spacial score (nSPS) is 11.8. The third-order valence-electron chi connectivity index (χ3n) is 5.00. The molecule has 0 radical (unpaired) electrons. The largest absolute Gasteiger partial charge is 0.383 e. The Morgan fingerprint density at radius 1 is 1.03 bits per heavy atom. The summed E-state index contributed by atoms with van der Waals surface area (Å²) in [7, 11) is 1.71. The van der Waals surface area contributed by atoms with Gasteiger partial charge in [0.05, 0.1) is 35.0 Å². The average molecular weight is 454 g/mol. The van der Waals surface area contributed by atoms with Crippen LogP contribution in [0.15, 0.2) is 72.8 Å². The molecule has 0 aliphatic rings. The van der Waals surface area contributed by atoms with Gasteiger partial charge in [0.25, 0.3) is 0 Å². The van der Waals surface area contributed by atoms with Gasteiger partial charge in [0.15, 0.2) is 0 Å². The average Bonchev–Trinajstić information content (AvgIpc) is 2.79. The highest BCUT2D eigenvalue weighted by Gasteiger charge is 2.18. The van der Waals surface area contributed by atoms with E-state index in [0.29, 0.717) is 22.2 Å². The predicted molar refractivity (Wildman–Crippen MR) is 128 cm³/mol. The smallest absolute Gasteiger partial charge is 0.0992 e. The standard InChI is InChI=1S/C25H25Cl2N3O/c1-31-14-13-30(17-19-5-3-2-4-6-19)18-25(21-8-10-22(26)11-9-21)29-24-12-7-20(16-28)15-23(24)27/h2-12,15,25,29H,13-14,17-18H2,1H3. The number of nitriles is 1. The molecule has 1 N–H and O–H groups in total. The van der Waals surface area contributed by atoms with Gasteiger partial charge in [-0.25, -0.2) is 0 Å². The fourth-order valence-electron chi connectivity index (χ4n) is 3.37. The Labute approximate surface area is 194 Å². The monoisotopic (exact) mass is 453 g/mol. The van der Waals surface area contributed by atoms with E-state index in [1.165, 1.54) is 5.56 Å². The van der Waals surface area contributed by atoms with Crippen molar-refractivity contribution in [1.82, 2.24) is 4.90 Å². The molecule has 0 aromatic heterocycles. The number of hydrogen-bond donors (Lipinski definition) is 1. The van der Waals surface area contributed by atoms with E-state index in [-0.39, 0.29) is 6.04 Å². The van der Waals surface area contributed by atoms with Crippen LogP contribution in [0.5, 0.6) is 0 Å². The van der Waals surface area contributed by atoms with Gasteiger partial charge in [-0.3, -0.25) is 4.90 Å². The number of rotatable bonds is 10. The first-order valence-corrected chi connectivity index (χ1v) is 10.8. The van der Waals surface area contributed by atoms with Crippen molar-refractivity contribution in [2.45, 2.75) is 12.6 Å². The highest BCUT2D eigenvalue weighted by Crippen LogP contribution is 2.29. The molecule has 31 heavy (non-hydrogen) atoms. The molecule has 6 heteroatoms. The molecule has 0 bridgehead atoms. The minimum Gasteiger partial charge on any atom is -0.383 e. The maximum Gasteiger partial charge on any atom is 0.0992 e. The van der Waals surface area contributed by atoms with Crippen molar-refractivity contribution >= 4 is 28.9 Å². The molecule has 0 fully saturated rings. The SMILES string of the molecule is COCCN(Cc1ccccc1)CC(Nc1ccc(C#N)cc1Cl)c1ccc(Cl)cc1. The van der Waals surface area contributed by atoms with Crippen molar-refractivity contribution in [3.05, 3.63) is 99.5 Å². The van der Waals surface area contributed by atoms with Crippen LogP contribution in [0.25, 0.3) is 0 Å². The Balaban J connectivity index is 1.86. The Morgan fingerprint density at radius 2 is 1.77 bits per heavy atom.